The zero-order valence-corrected chi connectivity index (χ0v) is 26.1. The third kappa shape index (κ3) is 12.7. The first-order chi connectivity index (χ1) is 20.6. The minimum Gasteiger partial charge on any atom is -0.445 e. The van der Waals surface area contributed by atoms with E-state index in [2.05, 4.69) is 28.1 Å². The van der Waals surface area contributed by atoms with Crippen LogP contribution in [-0.4, -0.2) is 49.4 Å². The average molecular weight is 595 g/mol. The van der Waals surface area contributed by atoms with Gasteiger partial charge in [0.1, 0.15) is 12.2 Å². The Morgan fingerprint density at radius 3 is 2.09 bits per heavy atom. The van der Waals surface area contributed by atoms with Crippen LogP contribution in [0.15, 0.2) is 42.5 Å². The smallest absolute Gasteiger partial charge is 0.407 e. The molecule has 0 unspecified atom stereocenters. The predicted molar refractivity (Wildman–Crippen MR) is 169 cm³/mol. The number of carbonyl (C=O) groups is 3. The van der Waals surface area contributed by atoms with Crippen LogP contribution >= 0.6 is 0 Å². The number of carbonyl (C=O) groups excluding carboxylic acids is 3. The number of nitrogens with one attached hydrogen (secondary N) is 3. The number of unbranched alkanes of at least 4 members (excludes halogenated alkanes) is 1. The van der Waals surface area contributed by atoms with Crippen LogP contribution in [0, 0.1) is 0 Å². The Bertz CT molecular complexity index is 1180. The zero-order chi connectivity index (χ0) is 31.1. The second-order valence-electron chi connectivity index (χ2n) is 12.2. The summed E-state index contributed by atoms with van der Waals surface area (Å²) in [7, 11) is 0. The Morgan fingerprint density at radius 1 is 0.814 bits per heavy atom. The summed E-state index contributed by atoms with van der Waals surface area (Å²) in [4.78, 5) is 35.9. The number of alkyl carbamates (subject to hydrolysis) is 2. The van der Waals surface area contributed by atoms with Crippen molar-refractivity contribution >= 4 is 18.1 Å². The van der Waals surface area contributed by atoms with Crippen LogP contribution in [0.2, 0.25) is 0 Å². The molecule has 5 N–H and O–H groups in total. The van der Waals surface area contributed by atoms with Gasteiger partial charge in [-0.15, -0.1) is 0 Å². The lowest BCUT2D eigenvalue weighted by Gasteiger charge is -2.24. The summed E-state index contributed by atoms with van der Waals surface area (Å²) in [6, 6.07) is 13.7. The summed E-state index contributed by atoms with van der Waals surface area (Å²) in [5.41, 5.74) is 11.8. The van der Waals surface area contributed by atoms with Gasteiger partial charge < -0.3 is 31.2 Å². The van der Waals surface area contributed by atoms with Crippen molar-refractivity contribution in [1.29, 1.82) is 0 Å². The molecule has 0 aliphatic heterocycles. The minimum absolute atomic E-state index is 0.273. The molecule has 3 rings (SSSR count). The van der Waals surface area contributed by atoms with Gasteiger partial charge in [0.05, 0.1) is 6.04 Å². The normalized spacial score (nSPS) is 13.5. The van der Waals surface area contributed by atoms with E-state index in [0.717, 1.165) is 44.1 Å². The molecular formula is C34H50N4O5. The highest BCUT2D eigenvalue weighted by Crippen LogP contribution is 2.29. The maximum absolute atomic E-state index is 12.1. The van der Waals surface area contributed by atoms with Gasteiger partial charge in [0.15, 0.2) is 0 Å². The van der Waals surface area contributed by atoms with Gasteiger partial charge in [-0.1, -0.05) is 42.5 Å². The minimum atomic E-state index is -0.533. The van der Waals surface area contributed by atoms with Gasteiger partial charge in [0, 0.05) is 13.1 Å². The molecule has 1 aliphatic carbocycles. The molecule has 3 amide bonds. The highest BCUT2D eigenvalue weighted by Gasteiger charge is 2.20. The molecule has 1 aliphatic rings. The molecule has 0 radical (unpaired) electrons. The molecule has 0 spiro atoms. The van der Waals surface area contributed by atoms with Crippen molar-refractivity contribution in [3.8, 4) is 0 Å². The number of amides is 3. The lowest BCUT2D eigenvalue weighted by Crippen LogP contribution is -2.43. The molecule has 2 aromatic rings. The van der Waals surface area contributed by atoms with Crippen molar-refractivity contribution in [2.45, 2.75) is 103 Å². The van der Waals surface area contributed by atoms with Crippen LogP contribution in [0.4, 0.5) is 9.59 Å². The molecule has 9 nitrogen and oxygen atoms in total. The Morgan fingerprint density at radius 2 is 1.44 bits per heavy atom. The third-order valence-electron chi connectivity index (χ3n) is 7.54. The number of hydrogen-bond acceptors (Lipinski definition) is 6. The number of rotatable bonds is 16. The second kappa shape index (κ2) is 17.5. The first-order valence-corrected chi connectivity index (χ1v) is 15.7. The number of nitrogens with two attached hydrogens (primary N) is 1. The van der Waals surface area contributed by atoms with Crippen LogP contribution in [0.1, 0.15) is 87.1 Å². The van der Waals surface area contributed by atoms with Gasteiger partial charge in [0.2, 0.25) is 5.91 Å². The van der Waals surface area contributed by atoms with Crippen molar-refractivity contribution in [2.75, 3.05) is 19.6 Å². The Hall–Kier alpha value is -3.59. The molecule has 9 heteroatoms. The summed E-state index contributed by atoms with van der Waals surface area (Å²) in [6.07, 6.45) is 8.64. The van der Waals surface area contributed by atoms with Gasteiger partial charge in [-0.3, -0.25) is 4.79 Å². The SMILES string of the molecule is CC(C)(C)OC(=O)NCCCN[C@@H](CCc1ccc(CCCCNC(=O)OCc2ccccc2)c2c1CCCC2)C(N)=O. The molecular weight excluding hydrogens is 544 g/mol. The lowest BCUT2D eigenvalue weighted by atomic mass is 9.82. The van der Waals surface area contributed by atoms with Crippen LogP contribution in [0.25, 0.3) is 0 Å². The number of aryl methyl sites for hydroxylation is 2. The molecule has 2 aromatic carbocycles. The summed E-state index contributed by atoms with van der Waals surface area (Å²) in [6.45, 7) is 7.36. The summed E-state index contributed by atoms with van der Waals surface area (Å²) in [5, 5.41) is 8.85. The fourth-order valence-corrected chi connectivity index (χ4v) is 5.40. The first kappa shape index (κ1) is 33.9. The zero-order valence-electron chi connectivity index (χ0n) is 26.1. The van der Waals surface area contributed by atoms with Gasteiger partial charge in [-0.2, -0.15) is 0 Å². The second-order valence-corrected chi connectivity index (χ2v) is 12.2. The molecule has 0 saturated heterocycles. The number of primary amides is 1. The average Bonchev–Trinajstić information content (AvgIpc) is 2.97. The largest absolute Gasteiger partial charge is 0.445 e. The Balaban J connectivity index is 1.41. The fraction of sp³-hybridized carbons (Fsp3) is 0.559. The molecule has 0 bridgehead atoms. The highest BCUT2D eigenvalue weighted by atomic mass is 16.6. The maximum atomic E-state index is 12.1. The fourth-order valence-electron chi connectivity index (χ4n) is 5.40. The topological polar surface area (TPSA) is 132 Å². The number of benzene rings is 2. The monoisotopic (exact) mass is 594 g/mol. The van der Waals surface area contributed by atoms with Crippen molar-refractivity contribution in [1.82, 2.24) is 16.0 Å². The van der Waals surface area contributed by atoms with Gasteiger partial charge in [0.25, 0.3) is 0 Å². The van der Waals surface area contributed by atoms with Crippen molar-refractivity contribution in [2.24, 2.45) is 5.73 Å². The summed E-state index contributed by atoms with van der Waals surface area (Å²) >= 11 is 0. The van der Waals surface area contributed by atoms with Gasteiger partial charge in [-0.25, -0.2) is 9.59 Å². The number of ether oxygens (including phenoxy) is 2. The maximum Gasteiger partial charge on any atom is 0.407 e. The molecule has 0 saturated carbocycles. The quantitative estimate of drug-likeness (QED) is 0.200. The van der Waals surface area contributed by atoms with Crippen LogP contribution in [0.5, 0.6) is 0 Å². The molecule has 43 heavy (non-hydrogen) atoms. The van der Waals surface area contributed by atoms with E-state index in [1.165, 1.54) is 35.1 Å². The first-order valence-electron chi connectivity index (χ1n) is 15.7. The van der Waals surface area contributed by atoms with Gasteiger partial charge in [-0.05, 0) is 119 Å². The van der Waals surface area contributed by atoms with E-state index < -0.39 is 17.7 Å². The van der Waals surface area contributed by atoms with E-state index in [0.29, 0.717) is 32.5 Å². The molecule has 1 atom stereocenters. The summed E-state index contributed by atoms with van der Waals surface area (Å²) < 4.78 is 10.5. The van der Waals surface area contributed by atoms with E-state index in [1.807, 2.05) is 51.1 Å². The Kier molecular flexibility index (Phi) is 13.8. The van der Waals surface area contributed by atoms with E-state index in [4.69, 9.17) is 15.2 Å². The molecule has 236 valence electrons. The van der Waals surface area contributed by atoms with Crippen LogP contribution < -0.4 is 21.7 Å². The van der Waals surface area contributed by atoms with Crippen LogP contribution in [-0.2, 0) is 46.6 Å². The van der Waals surface area contributed by atoms with Gasteiger partial charge >= 0.3 is 12.2 Å². The number of fused-ring (bicyclic) bond motifs is 1. The molecule has 0 heterocycles. The van der Waals surface area contributed by atoms with Crippen molar-refractivity contribution in [3.63, 3.8) is 0 Å². The Labute approximate surface area is 256 Å². The van der Waals surface area contributed by atoms with E-state index in [-0.39, 0.29) is 18.6 Å². The van der Waals surface area contributed by atoms with E-state index in [1.54, 1.807) is 0 Å². The van der Waals surface area contributed by atoms with E-state index >= 15 is 0 Å². The molecule has 0 aromatic heterocycles. The predicted octanol–water partition coefficient (Wildman–Crippen LogP) is 5.11. The standard InChI is InChI=1S/C34H50N4O5/c1-34(2,3)43-33(41)38-23-11-22-36-30(31(35)39)20-19-27-18-17-26(28-15-7-8-16-29(27)28)14-9-10-21-37-32(40)42-24-25-12-5-4-6-13-25/h4-6,12-13,17-18,30,36H,7-11,14-16,19-24H2,1-3H3,(H2,35,39)(H,37,40)(H,38,41)/t30-/m0/s1. The lowest BCUT2D eigenvalue weighted by molar-refractivity contribution is -0.120. The molecule has 0 fully saturated rings. The number of hydrogen-bond donors (Lipinski definition) is 4. The third-order valence-corrected chi connectivity index (χ3v) is 7.54. The summed E-state index contributed by atoms with van der Waals surface area (Å²) in [5.74, 6) is -0.358. The van der Waals surface area contributed by atoms with E-state index in [9.17, 15) is 14.4 Å². The van der Waals surface area contributed by atoms with Crippen LogP contribution in [0.3, 0.4) is 0 Å². The highest BCUT2D eigenvalue weighted by molar-refractivity contribution is 5.79. The van der Waals surface area contributed by atoms with Crippen molar-refractivity contribution in [3.05, 3.63) is 70.3 Å². The van der Waals surface area contributed by atoms with Crippen molar-refractivity contribution < 1.29 is 23.9 Å².